The predicted octanol–water partition coefficient (Wildman–Crippen LogP) is 2.41. The molecule has 0 aliphatic heterocycles. The van der Waals surface area contributed by atoms with Crippen LogP contribution in [0.4, 0.5) is 19.6 Å². The van der Waals surface area contributed by atoms with E-state index >= 15 is 0 Å². The molecule has 0 saturated carbocycles. The van der Waals surface area contributed by atoms with Gasteiger partial charge in [0, 0.05) is 18.2 Å². The number of hydrogen-bond acceptors (Lipinski definition) is 6. The van der Waals surface area contributed by atoms with Crippen LogP contribution in [0.15, 0.2) is 23.1 Å². The second-order valence-electron chi connectivity index (χ2n) is 4.22. The van der Waals surface area contributed by atoms with Crippen LogP contribution >= 0.6 is 11.5 Å². The van der Waals surface area contributed by atoms with Crippen LogP contribution in [0.1, 0.15) is 12.5 Å². The zero-order valence-electron chi connectivity index (χ0n) is 11.1. The van der Waals surface area contributed by atoms with E-state index in [-0.39, 0.29) is 33.6 Å². The molecule has 0 saturated heterocycles. The minimum absolute atomic E-state index is 0.0000189. The van der Waals surface area contributed by atoms with Crippen molar-refractivity contribution in [1.82, 2.24) is 4.37 Å². The summed E-state index contributed by atoms with van der Waals surface area (Å²) >= 11 is 0.885. The molecule has 1 aromatic heterocycles. The number of anilines is 2. The Hall–Kier alpha value is -1.74. The minimum Gasteiger partial charge on any atom is -0.382 e. The fourth-order valence-corrected chi connectivity index (χ4v) is 3.86. The number of hydrogen-bond donors (Lipinski definition) is 2. The highest BCUT2D eigenvalue weighted by molar-refractivity contribution is 7.91. The van der Waals surface area contributed by atoms with Crippen LogP contribution in [0, 0.1) is 11.6 Å². The summed E-state index contributed by atoms with van der Waals surface area (Å²) in [5, 5.41) is 3.03. The van der Waals surface area contributed by atoms with Crippen molar-refractivity contribution < 1.29 is 17.2 Å². The molecule has 0 bridgehead atoms. The summed E-state index contributed by atoms with van der Waals surface area (Å²) in [5.74, 6) is -1.58. The van der Waals surface area contributed by atoms with Crippen LogP contribution in [0.25, 0.3) is 0 Å². The van der Waals surface area contributed by atoms with Gasteiger partial charge in [-0.25, -0.2) is 17.2 Å². The zero-order valence-corrected chi connectivity index (χ0v) is 12.7. The van der Waals surface area contributed by atoms with Crippen LogP contribution < -0.4 is 11.1 Å². The summed E-state index contributed by atoms with van der Waals surface area (Å²) in [5.41, 5.74) is 5.79. The van der Waals surface area contributed by atoms with Crippen LogP contribution in [-0.2, 0) is 16.4 Å². The molecular weight excluding hydrogens is 320 g/mol. The van der Waals surface area contributed by atoms with E-state index in [4.69, 9.17) is 5.73 Å². The molecule has 0 aliphatic rings. The van der Waals surface area contributed by atoms with Crippen molar-refractivity contribution in [2.75, 3.05) is 16.8 Å². The molecule has 9 heteroatoms. The molecule has 1 aromatic carbocycles. The monoisotopic (exact) mass is 333 g/mol. The van der Waals surface area contributed by atoms with E-state index in [9.17, 15) is 17.2 Å². The number of sulfone groups is 1. The number of nitrogens with two attached hydrogens (primary N) is 1. The Labute approximate surface area is 124 Å². The molecule has 0 radical (unpaired) electrons. The van der Waals surface area contributed by atoms with Gasteiger partial charge < -0.3 is 11.1 Å². The second-order valence-corrected chi connectivity index (χ2v) is 7.21. The van der Waals surface area contributed by atoms with Crippen molar-refractivity contribution in [1.29, 1.82) is 0 Å². The van der Waals surface area contributed by atoms with Crippen molar-refractivity contribution in [3.8, 4) is 0 Å². The number of benzene rings is 1. The molecule has 21 heavy (non-hydrogen) atoms. The van der Waals surface area contributed by atoms with Gasteiger partial charge in [-0.1, -0.05) is 13.0 Å². The third kappa shape index (κ3) is 3.30. The average molecular weight is 333 g/mol. The zero-order chi connectivity index (χ0) is 15.6. The molecule has 2 aromatic rings. The molecule has 0 amide bonds. The molecule has 5 nitrogen and oxygen atoms in total. The maximum atomic E-state index is 13.5. The molecule has 0 spiro atoms. The van der Waals surface area contributed by atoms with Gasteiger partial charge in [-0.05, 0) is 17.6 Å². The maximum Gasteiger partial charge on any atom is 0.184 e. The largest absolute Gasteiger partial charge is 0.382 e. The van der Waals surface area contributed by atoms with Crippen molar-refractivity contribution in [2.24, 2.45) is 0 Å². The molecule has 0 atom stereocenters. The van der Waals surface area contributed by atoms with Gasteiger partial charge in [0.15, 0.2) is 15.7 Å². The lowest BCUT2D eigenvalue weighted by Gasteiger charge is -2.08. The fraction of sp³-hybridized carbons (Fsp3) is 0.250. The Morgan fingerprint density at radius 1 is 1.38 bits per heavy atom. The summed E-state index contributed by atoms with van der Waals surface area (Å²) in [4.78, 5) is -0.0717. The number of halogens is 2. The van der Waals surface area contributed by atoms with Gasteiger partial charge in [-0.15, -0.1) is 0 Å². The summed E-state index contributed by atoms with van der Waals surface area (Å²) in [7, 11) is -3.53. The molecule has 2 rings (SSSR count). The van der Waals surface area contributed by atoms with Gasteiger partial charge in [0.1, 0.15) is 21.5 Å². The first-order chi connectivity index (χ1) is 9.85. The number of nitrogens with zero attached hydrogens (tertiary/aromatic N) is 1. The molecule has 114 valence electrons. The van der Waals surface area contributed by atoms with Crippen molar-refractivity contribution in [3.63, 3.8) is 0 Å². The molecule has 0 unspecified atom stereocenters. The molecule has 1 heterocycles. The minimum atomic E-state index is -3.53. The SMILES string of the molecule is CCS(=O)(=O)c1c(N)nsc1NCc1ccc(F)cc1F. The van der Waals surface area contributed by atoms with Gasteiger partial charge in [-0.2, -0.15) is 4.37 Å². The highest BCUT2D eigenvalue weighted by Gasteiger charge is 2.23. The third-order valence-electron chi connectivity index (χ3n) is 2.82. The molecular formula is C12H13F2N3O2S2. The van der Waals surface area contributed by atoms with Crippen molar-refractivity contribution in [2.45, 2.75) is 18.4 Å². The van der Waals surface area contributed by atoms with E-state index in [1.807, 2.05) is 0 Å². The fourth-order valence-electron chi connectivity index (χ4n) is 1.69. The van der Waals surface area contributed by atoms with Crippen LogP contribution in [0.3, 0.4) is 0 Å². The lowest BCUT2D eigenvalue weighted by atomic mass is 10.2. The first-order valence-electron chi connectivity index (χ1n) is 6.01. The maximum absolute atomic E-state index is 13.5. The van der Waals surface area contributed by atoms with E-state index in [0.717, 1.165) is 23.7 Å². The number of nitrogen functional groups attached to an aromatic ring is 1. The Morgan fingerprint density at radius 3 is 2.71 bits per heavy atom. The molecule has 3 N–H and O–H groups in total. The lowest BCUT2D eigenvalue weighted by molar-refractivity contribution is 0.574. The van der Waals surface area contributed by atoms with E-state index in [2.05, 4.69) is 9.69 Å². The smallest absolute Gasteiger partial charge is 0.184 e. The third-order valence-corrected chi connectivity index (χ3v) is 5.56. The summed E-state index contributed by atoms with van der Waals surface area (Å²) in [6.45, 7) is 1.50. The van der Waals surface area contributed by atoms with E-state index in [1.54, 1.807) is 0 Å². The van der Waals surface area contributed by atoms with Crippen LogP contribution in [0.5, 0.6) is 0 Å². The van der Waals surface area contributed by atoms with Crippen LogP contribution in [-0.4, -0.2) is 18.5 Å². The Kier molecular flexibility index (Phi) is 4.43. The highest BCUT2D eigenvalue weighted by atomic mass is 32.2. The Balaban J connectivity index is 2.26. The highest BCUT2D eigenvalue weighted by Crippen LogP contribution is 2.32. The number of nitrogens with one attached hydrogen (secondary N) is 1. The Bertz CT molecular complexity index is 760. The predicted molar refractivity (Wildman–Crippen MR) is 77.9 cm³/mol. The van der Waals surface area contributed by atoms with Crippen molar-refractivity contribution >= 4 is 32.2 Å². The number of rotatable bonds is 5. The normalized spacial score (nSPS) is 11.6. The Morgan fingerprint density at radius 2 is 2.10 bits per heavy atom. The molecule has 0 aliphatic carbocycles. The van der Waals surface area contributed by atoms with Gasteiger partial charge in [0.05, 0.1) is 5.75 Å². The first kappa shape index (κ1) is 15.6. The van der Waals surface area contributed by atoms with Crippen LogP contribution in [0.2, 0.25) is 0 Å². The first-order valence-corrected chi connectivity index (χ1v) is 8.43. The van der Waals surface area contributed by atoms with Gasteiger partial charge in [0.2, 0.25) is 0 Å². The van der Waals surface area contributed by atoms with Gasteiger partial charge >= 0.3 is 0 Å². The summed E-state index contributed by atoms with van der Waals surface area (Å²) < 4.78 is 54.0. The van der Waals surface area contributed by atoms with Gasteiger partial charge in [0.25, 0.3) is 0 Å². The van der Waals surface area contributed by atoms with Crippen molar-refractivity contribution in [3.05, 3.63) is 35.4 Å². The quantitative estimate of drug-likeness (QED) is 0.878. The standard InChI is InChI=1S/C12H13F2N3O2S2/c1-2-21(18,19)10-11(15)17-20-12(10)16-6-7-3-4-8(13)5-9(7)14/h3-5,16H,2,6H2,1H3,(H2,15,17). The summed E-state index contributed by atoms with van der Waals surface area (Å²) in [6.07, 6.45) is 0. The topological polar surface area (TPSA) is 85.1 Å². The van der Waals surface area contributed by atoms with E-state index in [1.165, 1.54) is 13.0 Å². The molecule has 0 fully saturated rings. The second kappa shape index (κ2) is 5.94. The lowest BCUT2D eigenvalue weighted by Crippen LogP contribution is -2.09. The van der Waals surface area contributed by atoms with Gasteiger partial charge in [-0.3, -0.25) is 0 Å². The van der Waals surface area contributed by atoms with E-state index in [0.29, 0.717) is 0 Å². The van der Waals surface area contributed by atoms with E-state index < -0.39 is 21.5 Å². The number of aromatic nitrogens is 1. The average Bonchev–Trinajstić information content (AvgIpc) is 2.79. The summed E-state index contributed by atoms with van der Waals surface area (Å²) in [6, 6.07) is 3.18.